The molecule has 3 nitrogen and oxygen atoms in total. The second kappa shape index (κ2) is 5.38. The summed E-state index contributed by atoms with van der Waals surface area (Å²) < 4.78 is 0. The predicted molar refractivity (Wildman–Crippen MR) is 69.6 cm³/mol. The molecular formula is C14H26N2O. The van der Waals surface area contributed by atoms with Gasteiger partial charge in [-0.2, -0.15) is 0 Å². The molecule has 1 aliphatic carbocycles. The van der Waals surface area contributed by atoms with Crippen LogP contribution in [0, 0.1) is 5.92 Å². The Morgan fingerprint density at radius 2 is 2.18 bits per heavy atom. The summed E-state index contributed by atoms with van der Waals surface area (Å²) in [5.41, 5.74) is 5.75. The quantitative estimate of drug-likeness (QED) is 0.799. The summed E-state index contributed by atoms with van der Waals surface area (Å²) in [5, 5.41) is 0. The predicted octanol–water partition coefficient (Wildman–Crippen LogP) is 2.30. The zero-order valence-electron chi connectivity index (χ0n) is 11.1. The number of carbonyl (C=O) groups is 1. The third kappa shape index (κ3) is 2.82. The summed E-state index contributed by atoms with van der Waals surface area (Å²) in [5.74, 6) is 1.25. The van der Waals surface area contributed by atoms with E-state index >= 15 is 0 Å². The van der Waals surface area contributed by atoms with E-state index in [-0.39, 0.29) is 5.54 Å². The Labute approximate surface area is 105 Å². The molecule has 1 unspecified atom stereocenters. The Morgan fingerprint density at radius 3 is 2.76 bits per heavy atom. The minimum atomic E-state index is -0.0620. The van der Waals surface area contributed by atoms with Gasteiger partial charge in [-0.1, -0.05) is 19.3 Å². The maximum atomic E-state index is 12.2. The lowest BCUT2D eigenvalue weighted by Gasteiger charge is -2.34. The van der Waals surface area contributed by atoms with Gasteiger partial charge in [-0.15, -0.1) is 0 Å². The minimum absolute atomic E-state index is 0.0620. The van der Waals surface area contributed by atoms with Crippen LogP contribution in [0.2, 0.25) is 0 Å². The smallest absolute Gasteiger partial charge is 0.223 e. The SMILES string of the molecule is CC1(CN)CCCN1C(=O)CCCC1CCC1. The van der Waals surface area contributed by atoms with Crippen LogP contribution in [0.3, 0.4) is 0 Å². The summed E-state index contributed by atoms with van der Waals surface area (Å²) in [6.45, 7) is 3.64. The Bertz CT molecular complexity index is 275. The van der Waals surface area contributed by atoms with Gasteiger partial charge in [0.1, 0.15) is 0 Å². The van der Waals surface area contributed by atoms with Gasteiger partial charge in [-0.25, -0.2) is 0 Å². The molecule has 0 aromatic rings. The number of nitrogens with zero attached hydrogens (tertiary/aromatic N) is 1. The lowest BCUT2D eigenvalue weighted by Crippen LogP contribution is -2.49. The van der Waals surface area contributed by atoms with Crippen molar-refractivity contribution in [2.24, 2.45) is 11.7 Å². The Kier molecular flexibility index (Phi) is 4.08. The number of rotatable bonds is 5. The maximum Gasteiger partial charge on any atom is 0.223 e. The van der Waals surface area contributed by atoms with Gasteiger partial charge in [0.05, 0.1) is 5.54 Å². The van der Waals surface area contributed by atoms with Gasteiger partial charge >= 0.3 is 0 Å². The van der Waals surface area contributed by atoms with Crippen LogP contribution in [0.15, 0.2) is 0 Å². The van der Waals surface area contributed by atoms with Gasteiger partial charge < -0.3 is 10.6 Å². The van der Waals surface area contributed by atoms with Crippen molar-refractivity contribution >= 4 is 5.91 Å². The van der Waals surface area contributed by atoms with Crippen LogP contribution in [0.4, 0.5) is 0 Å². The standard InChI is InChI=1S/C14H26N2O/c1-14(11-15)9-4-10-16(14)13(17)8-3-7-12-5-2-6-12/h12H,2-11,15H2,1H3. The second-order valence-corrected chi connectivity index (χ2v) is 6.04. The van der Waals surface area contributed by atoms with Gasteiger partial charge in [0, 0.05) is 19.5 Å². The zero-order valence-corrected chi connectivity index (χ0v) is 11.1. The molecule has 1 heterocycles. The highest BCUT2D eigenvalue weighted by Gasteiger charge is 2.37. The van der Waals surface area contributed by atoms with E-state index in [1.165, 1.54) is 25.7 Å². The number of nitrogens with two attached hydrogens (primary N) is 1. The van der Waals surface area contributed by atoms with Gasteiger partial charge in [0.2, 0.25) is 5.91 Å². The Hall–Kier alpha value is -0.570. The average Bonchev–Trinajstić information content (AvgIpc) is 2.65. The van der Waals surface area contributed by atoms with Crippen LogP contribution >= 0.6 is 0 Å². The molecule has 1 aliphatic heterocycles. The van der Waals surface area contributed by atoms with E-state index in [0.29, 0.717) is 12.5 Å². The first kappa shape index (κ1) is 12.9. The number of likely N-dealkylation sites (tertiary alicyclic amines) is 1. The third-order valence-electron chi connectivity index (χ3n) is 4.72. The average molecular weight is 238 g/mol. The van der Waals surface area contributed by atoms with E-state index in [0.717, 1.165) is 38.1 Å². The first-order valence-electron chi connectivity index (χ1n) is 7.16. The largest absolute Gasteiger partial charge is 0.336 e. The fraction of sp³-hybridized carbons (Fsp3) is 0.929. The fourth-order valence-corrected chi connectivity index (χ4v) is 3.12. The van der Waals surface area contributed by atoms with Crippen molar-refractivity contribution in [1.82, 2.24) is 4.90 Å². The molecule has 0 spiro atoms. The first-order valence-corrected chi connectivity index (χ1v) is 7.16. The second-order valence-electron chi connectivity index (χ2n) is 6.04. The van der Waals surface area contributed by atoms with E-state index in [1.807, 2.05) is 4.90 Å². The number of hydrogen-bond acceptors (Lipinski definition) is 2. The van der Waals surface area contributed by atoms with Gasteiger partial charge in [0.15, 0.2) is 0 Å². The number of carbonyl (C=O) groups excluding carboxylic acids is 1. The lowest BCUT2D eigenvalue weighted by atomic mass is 9.82. The van der Waals surface area contributed by atoms with E-state index in [2.05, 4.69) is 6.92 Å². The number of hydrogen-bond donors (Lipinski definition) is 1. The summed E-state index contributed by atoms with van der Waals surface area (Å²) in [6.07, 6.45) is 9.40. The molecule has 0 aromatic heterocycles. The Balaban J connectivity index is 1.74. The van der Waals surface area contributed by atoms with Crippen molar-refractivity contribution in [2.75, 3.05) is 13.1 Å². The Morgan fingerprint density at radius 1 is 1.41 bits per heavy atom. The van der Waals surface area contributed by atoms with E-state index < -0.39 is 0 Å². The normalized spacial score (nSPS) is 29.4. The molecule has 0 aromatic carbocycles. The molecule has 1 amide bonds. The van der Waals surface area contributed by atoms with E-state index in [1.54, 1.807) is 0 Å². The molecule has 2 rings (SSSR count). The summed E-state index contributed by atoms with van der Waals surface area (Å²) >= 11 is 0. The highest BCUT2D eigenvalue weighted by atomic mass is 16.2. The van der Waals surface area contributed by atoms with Crippen molar-refractivity contribution < 1.29 is 4.79 Å². The molecule has 1 saturated carbocycles. The topological polar surface area (TPSA) is 46.3 Å². The summed E-state index contributed by atoms with van der Waals surface area (Å²) in [4.78, 5) is 14.2. The molecule has 0 bridgehead atoms. The first-order chi connectivity index (χ1) is 8.15. The van der Waals surface area contributed by atoms with Crippen molar-refractivity contribution in [1.29, 1.82) is 0 Å². The van der Waals surface area contributed by atoms with Gasteiger partial charge in [-0.3, -0.25) is 4.79 Å². The zero-order chi connectivity index (χ0) is 12.3. The van der Waals surface area contributed by atoms with Crippen LogP contribution < -0.4 is 5.73 Å². The third-order valence-corrected chi connectivity index (χ3v) is 4.72. The van der Waals surface area contributed by atoms with Crippen LogP contribution in [-0.4, -0.2) is 29.4 Å². The molecular weight excluding hydrogens is 212 g/mol. The highest BCUT2D eigenvalue weighted by molar-refractivity contribution is 5.77. The van der Waals surface area contributed by atoms with Gasteiger partial charge in [-0.05, 0) is 38.5 Å². The maximum absolute atomic E-state index is 12.2. The van der Waals surface area contributed by atoms with Crippen molar-refractivity contribution in [2.45, 2.75) is 63.8 Å². The molecule has 0 radical (unpaired) electrons. The molecule has 98 valence electrons. The molecule has 17 heavy (non-hydrogen) atoms. The van der Waals surface area contributed by atoms with Crippen molar-refractivity contribution in [3.63, 3.8) is 0 Å². The van der Waals surface area contributed by atoms with Crippen LogP contribution in [0.5, 0.6) is 0 Å². The van der Waals surface area contributed by atoms with E-state index in [9.17, 15) is 4.79 Å². The monoisotopic (exact) mass is 238 g/mol. The number of amides is 1. The fourth-order valence-electron chi connectivity index (χ4n) is 3.12. The van der Waals surface area contributed by atoms with E-state index in [4.69, 9.17) is 5.73 Å². The highest BCUT2D eigenvalue weighted by Crippen LogP contribution is 2.32. The van der Waals surface area contributed by atoms with Crippen molar-refractivity contribution in [3.8, 4) is 0 Å². The molecule has 2 N–H and O–H groups in total. The van der Waals surface area contributed by atoms with Gasteiger partial charge in [0.25, 0.3) is 0 Å². The molecule has 2 aliphatic rings. The van der Waals surface area contributed by atoms with Crippen LogP contribution in [0.1, 0.15) is 58.3 Å². The van der Waals surface area contributed by atoms with Crippen LogP contribution in [0.25, 0.3) is 0 Å². The minimum Gasteiger partial charge on any atom is -0.336 e. The van der Waals surface area contributed by atoms with Crippen LogP contribution in [-0.2, 0) is 4.79 Å². The molecule has 2 fully saturated rings. The lowest BCUT2D eigenvalue weighted by molar-refractivity contribution is -0.134. The summed E-state index contributed by atoms with van der Waals surface area (Å²) in [7, 11) is 0. The summed E-state index contributed by atoms with van der Waals surface area (Å²) in [6, 6.07) is 0. The van der Waals surface area contributed by atoms with Crippen molar-refractivity contribution in [3.05, 3.63) is 0 Å². The molecule has 1 atom stereocenters. The molecule has 3 heteroatoms. The molecule has 1 saturated heterocycles.